The van der Waals surface area contributed by atoms with Gasteiger partial charge in [-0.1, -0.05) is 13.3 Å². The first-order chi connectivity index (χ1) is 7.20. The number of hydrogen-bond acceptors (Lipinski definition) is 4. The minimum atomic E-state index is 0.229. The molecule has 1 aromatic heterocycles. The van der Waals surface area contributed by atoms with Crippen molar-refractivity contribution in [2.24, 2.45) is 7.05 Å². The molecule has 0 fully saturated rings. The van der Waals surface area contributed by atoms with Gasteiger partial charge in [0.1, 0.15) is 5.03 Å². The SMILES string of the molecule is CCCc1nn(C)c(SCCCO)c1N. The van der Waals surface area contributed by atoms with Crippen molar-refractivity contribution >= 4 is 17.4 Å². The molecule has 1 rings (SSSR count). The lowest BCUT2D eigenvalue weighted by Crippen LogP contribution is -1.95. The molecule has 4 nitrogen and oxygen atoms in total. The Morgan fingerprint density at radius 3 is 2.87 bits per heavy atom. The number of nitrogen functional groups attached to an aromatic ring is 1. The summed E-state index contributed by atoms with van der Waals surface area (Å²) in [5.74, 6) is 0.881. The van der Waals surface area contributed by atoms with E-state index in [1.807, 2.05) is 11.7 Å². The number of thioether (sulfide) groups is 1. The maximum absolute atomic E-state index is 8.71. The number of nitrogens with two attached hydrogens (primary N) is 1. The Labute approximate surface area is 94.9 Å². The van der Waals surface area contributed by atoms with Gasteiger partial charge in [-0.3, -0.25) is 4.68 Å². The van der Waals surface area contributed by atoms with Crippen molar-refractivity contribution < 1.29 is 5.11 Å². The van der Waals surface area contributed by atoms with Crippen molar-refractivity contribution in [1.82, 2.24) is 9.78 Å². The molecule has 1 heterocycles. The van der Waals surface area contributed by atoms with Gasteiger partial charge in [-0.05, 0) is 12.8 Å². The van der Waals surface area contributed by atoms with Gasteiger partial charge in [-0.15, -0.1) is 11.8 Å². The van der Waals surface area contributed by atoms with E-state index in [1.54, 1.807) is 11.8 Å². The summed E-state index contributed by atoms with van der Waals surface area (Å²) in [4.78, 5) is 0. The van der Waals surface area contributed by atoms with Crippen LogP contribution in [0.3, 0.4) is 0 Å². The monoisotopic (exact) mass is 229 g/mol. The highest BCUT2D eigenvalue weighted by Gasteiger charge is 2.12. The maximum Gasteiger partial charge on any atom is 0.117 e. The molecule has 0 saturated heterocycles. The number of aliphatic hydroxyl groups is 1. The van der Waals surface area contributed by atoms with Crippen LogP contribution in [0.5, 0.6) is 0 Å². The summed E-state index contributed by atoms with van der Waals surface area (Å²) in [5.41, 5.74) is 7.81. The zero-order valence-corrected chi connectivity index (χ0v) is 10.2. The van der Waals surface area contributed by atoms with Gasteiger partial charge < -0.3 is 10.8 Å². The van der Waals surface area contributed by atoms with Crippen LogP contribution in [0.2, 0.25) is 0 Å². The van der Waals surface area contributed by atoms with Crippen LogP contribution in [0.25, 0.3) is 0 Å². The molecule has 5 heteroatoms. The average Bonchev–Trinajstić information content (AvgIpc) is 2.46. The molecule has 0 spiro atoms. The van der Waals surface area contributed by atoms with Gasteiger partial charge in [0, 0.05) is 19.4 Å². The van der Waals surface area contributed by atoms with E-state index in [0.717, 1.165) is 41.4 Å². The average molecular weight is 229 g/mol. The summed E-state index contributed by atoms with van der Waals surface area (Å²) in [6.45, 7) is 2.35. The standard InChI is InChI=1S/C10H19N3OS/c1-3-5-8-9(11)10(13(2)12-8)15-7-4-6-14/h14H,3-7,11H2,1-2H3. The fraction of sp³-hybridized carbons (Fsp3) is 0.700. The second-order valence-electron chi connectivity index (χ2n) is 3.46. The van der Waals surface area contributed by atoms with Crippen molar-refractivity contribution in [1.29, 1.82) is 0 Å². The topological polar surface area (TPSA) is 64.1 Å². The molecule has 3 N–H and O–H groups in total. The van der Waals surface area contributed by atoms with E-state index < -0.39 is 0 Å². The van der Waals surface area contributed by atoms with Gasteiger partial charge in [0.15, 0.2) is 0 Å². The Morgan fingerprint density at radius 1 is 1.53 bits per heavy atom. The second-order valence-corrected chi connectivity index (χ2v) is 4.55. The van der Waals surface area contributed by atoms with Crippen molar-refractivity contribution in [3.8, 4) is 0 Å². The number of anilines is 1. The third-order valence-electron chi connectivity index (χ3n) is 2.13. The Kier molecular flexibility index (Phi) is 4.98. The fourth-order valence-electron chi connectivity index (χ4n) is 1.40. The number of hydrogen-bond donors (Lipinski definition) is 2. The van der Waals surface area contributed by atoms with E-state index in [1.165, 1.54) is 0 Å². The zero-order valence-electron chi connectivity index (χ0n) is 9.36. The first kappa shape index (κ1) is 12.4. The largest absolute Gasteiger partial charge is 0.396 e. The van der Waals surface area contributed by atoms with Gasteiger partial charge in [0.05, 0.1) is 11.4 Å². The first-order valence-corrected chi connectivity index (χ1v) is 6.24. The van der Waals surface area contributed by atoms with E-state index in [-0.39, 0.29) is 6.61 Å². The predicted octanol–water partition coefficient (Wildman–Crippen LogP) is 1.43. The Hall–Kier alpha value is -0.680. The number of aromatic nitrogens is 2. The van der Waals surface area contributed by atoms with Crippen molar-refractivity contribution in [3.05, 3.63) is 5.69 Å². The molecule has 15 heavy (non-hydrogen) atoms. The Morgan fingerprint density at radius 2 is 2.27 bits per heavy atom. The molecule has 0 atom stereocenters. The van der Waals surface area contributed by atoms with Crippen LogP contribution in [0, 0.1) is 0 Å². The molecule has 0 aliphatic heterocycles. The fourth-order valence-corrected chi connectivity index (χ4v) is 2.37. The van der Waals surface area contributed by atoms with E-state index in [4.69, 9.17) is 10.8 Å². The number of aryl methyl sites for hydroxylation is 2. The van der Waals surface area contributed by atoms with Gasteiger partial charge in [-0.25, -0.2) is 0 Å². The molecule has 1 aromatic rings. The predicted molar refractivity (Wildman–Crippen MR) is 64.0 cm³/mol. The van der Waals surface area contributed by atoms with E-state index in [2.05, 4.69) is 12.0 Å². The lowest BCUT2D eigenvalue weighted by molar-refractivity contribution is 0.296. The van der Waals surface area contributed by atoms with Gasteiger partial charge in [-0.2, -0.15) is 5.10 Å². The van der Waals surface area contributed by atoms with Crippen LogP contribution in [0.1, 0.15) is 25.5 Å². The molecule has 0 aliphatic rings. The number of aliphatic hydroxyl groups excluding tert-OH is 1. The highest BCUT2D eigenvalue weighted by molar-refractivity contribution is 7.99. The summed E-state index contributed by atoms with van der Waals surface area (Å²) in [7, 11) is 1.91. The summed E-state index contributed by atoms with van der Waals surface area (Å²) in [6.07, 6.45) is 2.78. The molecule has 0 aromatic carbocycles. The Balaban J connectivity index is 2.69. The summed E-state index contributed by atoms with van der Waals surface area (Å²) >= 11 is 1.66. The third-order valence-corrected chi connectivity index (χ3v) is 3.38. The summed E-state index contributed by atoms with van der Waals surface area (Å²) in [5, 5.41) is 14.1. The molecule has 0 radical (unpaired) electrons. The number of rotatable bonds is 6. The van der Waals surface area contributed by atoms with Crippen LogP contribution in [-0.2, 0) is 13.5 Å². The minimum Gasteiger partial charge on any atom is -0.396 e. The summed E-state index contributed by atoms with van der Waals surface area (Å²) < 4.78 is 1.84. The van der Waals surface area contributed by atoms with Gasteiger partial charge in [0.25, 0.3) is 0 Å². The minimum absolute atomic E-state index is 0.229. The quantitative estimate of drug-likeness (QED) is 0.572. The van der Waals surface area contributed by atoms with Gasteiger partial charge in [0.2, 0.25) is 0 Å². The lowest BCUT2D eigenvalue weighted by atomic mass is 10.2. The molecule has 0 saturated carbocycles. The van der Waals surface area contributed by atoms with Crippen LogP contribution in [-0.4, -0.2) is 27.2 Å². The first-order valence-electron chi connectivity index (χ1n) is 5.25. The maximum atomic E-state index is 8.71. The molecule has 86 valence electrons. The molecular formula is C10H19N3OS. The third kappa shape index (κ3) is 3.14. The van der Waals surface area contributed by atoms with Crippen molar-refractivity contribution in [3.63, 3.8) is 0 Å². The van der Waals surface area contributed by atoms with Crippen LogP contribution in [0.4, 0.5) is 5.69 Å². The van der Waals surface area contributed by atoms with Crippen molar-refractivity contribution in [2.45, 2.75) is 31.2 Å². The van der Waals surface area contributed by atoms with E-state index in [9.17, 15) is 0 Å². The highest BCUT2D eigenvalue weighted by Crippen LogP contribution is 2.28. The van der Waals surface area contributed by atoms with Crippen LogP contribution < -0.4 is 5.73 Å². The Bertz CT molecular complexity index is 312. The van der Waals surface area contributed by atoms with Gasteiger partial charge >= 0.3 is 0 Å². The molecule has 0 aliphatic carbocycles. The smallest absolute Gasteiger partial charge is 0.117 e. The van der Waals surface area contributed by atoms with E-state index >= 15 is 0 Å². The molecular weight excluding hydrogens is 210 g/mol. The lowest BCUT2D eigenvalue weighted by Gasteiger charge is -2.01. The zero-order chi connectivity index (χ0) is 11.3. The molecule has 0 bridgehead atoms. The molecule has 0 unspecified atom stereocenters. The second kappa shape index (κ2) is 6.02. The van der Waals surface area contributed by atoms with E-state index in [0.29, 0.717) is 0 Å². The van der Waals surface area contributed by atoms with Crippen LogP contribution in [0.15, 0.2) is 5.03 Å². The highest BCUT2D eigenvalue weighted by atomic mass is 32.2. The normalized spacial score (nSPS) is 10.9. The summed E-state index contributed by atoms with van der Waals surface area (Å²) in [6, 6.07) is 0. The van der Waals surface area contributed by atoms with Crippen LogP contribution >= 0.6 is 11.8 Å². The van der Waals surface area contributed by atoms with Crippen molar-refractivity contribution in [2.75, 3.05) is 18.1 Å². The molecule has 0 amide bonds. The number of nitrogens with zero attached hydrogens (tertiary/aromatic N) is 2.